The molecule has 3 aromatic rings. The van der Waals surface area contributed by atoms with Crippen LogP contribution < -0.4 is 14.4 Å². The zero-order valence-electron chi connectivity index (χ0n) is 20.4. The van der Waals surface area contributed by atoms with E-state index < -0.39 is 15.9 Å². The number of aryl methyl sites for hydroxylation is 2. The summed E-state index contributed by atoms with van der Waals surface area (Å²) < 4.78 is 32.9. The highest BCUT2D eigenvalue weighted by molar-refractivity contribution is 7.90. The number of halogens is 1. The molecule has 0 spiro atoms. The lowest BCUT2D eigenvalue weighted by Gasteiger charge is -2.36. The Hall–Kier alpha value is -3.07. The fourth-order valence-electron chi connectivity index (χ4n) is 4.17. The van der Waals surface area contributed by atoms with Crippen LogP contribution >= 0.6 is 11.6 Å². The summed E-state index contributed by atoms with van der Waals surface area (Å²) >= 11 is 6.23. The number of benzene rings is 3. The zero-order valence-corrected chi connectivity index (χ0v) is 22.0. The number of ether oxygens (including phenoxy) is 1. The van der Waals surface area contributed by atoms with E-state index in [0.29, 0.717) is 12.2 Å². The van der Waals surface area contributed by atoms with Crippen LogP contribution in [0, 0.1) is 13.8 Å². The van der Waals surface area contributed by atoms with Crippen molar-refractivity contribution in [3.05, 3.63) is 88.4 Å². The quantitative estimate of drug-likeness (QED) is 0.471. The van der Waals surface area contributed by atoms with Crippen molar-refractivity contribution in [1.82, 2.24) is 9.62 Å². The van der Waals surface area contributed by atoms with E-state index in [0.717, 1.165) is 60.3 Å². The molecule has 9 heteroatoms. The molecule has 0 atom stereocenters. The summed E-state index contributed by atoms with van der Waals surface area (Å²) in [5.41, 5.74) is 3.32. The molecule has 1 aliphatic rings. The van der Waals surface area contributed by atoms with E-state index >= 15 is 0 Å². The Labute approximate surface area is 217 Å². The van der Waals surface area contributed by atoms with Gasteiger partial charge in [-0.05, 0) is 73.5 Å². The predicted molar refractivity (Wildman–Crippen MR) is 143 cm³/mol. The lowest BCUT2D eigenvalue weighted by atomic mass is 10.1. The van der Waals surface area contributed by atoms with Crippen LogP contribution in [0.25, 0.3) is 0 Å². The molecule has 1 fully saturated rings. The maximum atomic E-state index is 12.5. The smallest absolute Gasteiger partial charge is 0.264 e. The van der Waals surface area contributed by atoms with Gasteiger partial charge in [-0.2, -0.15) is 0 Å². The van der Waals surface area contributed by atoms with Gasteiger partial charge in [0.05, 0.1) is 4.90 Å². The monoisotopic (exact) mass is 527 g/mol. The molecular weight excluding hydrogens is 498 g/mol. The van der Waals surface area contributed by atoms with Crippen LogP contribution in [0.4, 0.5) is 5.69 Å². The maximum Gasteiger partial charge on any atom is 0.264 e. The minimum atomic E-state index is -3.91. The summed E-state index contributed by atoms with van der Waals surface area (Å²) in [4.78, 5) is 17.2. The van der Waals surface area contributed by atoms with E-state index in [-0.39, 0.29) is 4.90 Å². The fraction of sp³-hybridized carbons (Fsp3) is 0.296. The zero-order chi connectivity index (χ0) is 25.7. The molecule has 190 valence electrons. The van der Waals surface area contributed by atoms with Crippen LogP contribution in [0.1, 0.15) is 21.5 Å². The Morgan fingerprint density at radius 3 is 2.17 bits per heavy atom. The van der Waals surface area contributed by atoms with Gasteiger partial charge in [-0.25, -0.2) is 13.1 Å². The standard InChI is InChI=1S/C27H30ClN3O4S/c1-20-18-24(19-21(2)26(20)28)35-17-16-30-12-14-31(15-13-30)23-10-8-22(9-11-23)27(32)29-36(33,34)25-6-4-3-5-7-25/h3-11,18-19H,12-17H2,1-2H3,(H,29,32). The number of nitrogens with one attached hydrogen (secondary N) is 1. The second-order valence-corrected chi connectivity index (χ2v) is 10.9. The fourth-order valence-corrected chi connectivity index (χ4v) is 5.28. The van der Waals surface area contributed by atoms with Crippen LogP contribution in [0.2, 0.25) is 5.02 Å². The molecule has 0 bridgehead atoms. The normalized spacial score (nSPS) is 14.5. The second-order valence-electron chi connectivity index (χ2n) is 8.84. The molecule has 1 saturated heterocycles. The molecular formula is C27H30ClN3O4S. The molecule has 0 unspecified atom stereocenters. The van der Waals surface area contributed by atoms with Crippen LogP contribution in [0.15, 0.2) is 71.6 Å². The van der Waals surface area contributed by atoms with Gasteiger partial charge in [0.2, 0.25) is 0 Å². The molecule has 3 aromatic carbocycles. The topological polar surface area (TPSA) is 79.0 Å². The minimum Gasteiger partial charge on any atom is -0.492 e. The van der Waals surface area contributed by atoms with Gasteiger partial charge in [0.15, 0.2) is 0 Å². The first kappa shape index (κ1) is 26.0. The van der Waals surface area contributed by atoms with Crippen LogP contribution in [-0.4, -0.2) is 58.6 Å². The van der Waals surface area contributed by atoms with Crippen molar-refractivity contribution in [3.63, 3.8) is 0 Å². The van der Waals surface area contributed by atoms with Gasteiger partial charge >= 0.3 is 0 Å². The van der Waals surface area contributed by atoms with Gasteiger partial charge in [0.1, 0.15) is 12.4 Å². The number of piperazine rings is 1. The van der Waals surface area contributed by atoms with E-state index in [4.69, 9.17) is 16.3 Å². The summed E-state index contributed by atoms with van der Waals surface area (Å²) in [6, 6.07) is 18.8. The Balaban J connectivity index is 1.25. The third kappa shape index (κ3) is 6.37. The van der Waals surface area contributed by atoms with Crippen molar-refractivity contribution in [3.8, 4) is 5.75 Å². The summed E-state index contributed by atoms with van der Waals surface area (Å²) in [5.74, 6) is 0.190. The largest absolute Gasteiger partial charge is 0.492 e. The van der Waals surface area contributed by atoms with E-state index in [1.54, 1.807) is 30.3 Å². The Morgan fingerprint density at radius 1 is 0.944 bits per heavy atom. The average molecular weight is 528 g/mol. The molecule has 1 aliphatic heterocycles. The number of hydrogen-bond donors (Lipinski definition) is 1. The molecule has 0 saturated carbocycles. The van der Waals surface area contributed by atoms with E-state index in [1.807, 2.05) is 38.1 Å². The summed E-state index contributed by atoms with van der Waals surface area (Å²) in [6.45, 7) is 8.92. The minimum absolute atomic E-state index is 0.0524. The first-order valence-corrected chi connectivity index (χ1v) is 13.7. The number of rotatable bonds is 8. The molecule has 7 nitrogen and oxygen atoms in total. The molecule has 0 aliphatic carbocycles. The van der Waals surface area contributed by atoms with Gasteiger partial charge in [-0.1, -0.05) is 29.8 Å². The van der Waals surface area contributed by atoms with Gasteiger partial charge in [-0.15, -0.1) is 0 Å². The van der Waals surface area contributed by atoms with Crippen LogP contribution in [-0.2, 0) is 10.0 Å². The highest BCUT2D eigenvalue weighted by Crippen LogP contribution is 2.26. The molecule has 1 N–H and O–H groups in total. The predicted octanol–water partition coefficient (Wildman–Crippen LogP) is 4.28. The third-order valence-electron chi connectivity index (χ3n) is 6.23. The third-order valence-corrected chi connectivity index (χ3v) is 8.18. The summed E-state index contributed by atoms with van der Waals surface area (Å²) in [5, 5.41) is 0.782. The second kappa shape index (κ2) is 11.3. The number of carbonyl (C=O) groups excluding carboxylic acids is 1. The summed E-state index contributed by atoms with van der Waals surface area (Å²) in [7, 11) is -3.91. The highest BCUT2D eigenvalue weighted by Gasteiger charge is 2.20. The van der Waals surface area contributed by atoms with Crippen LogP contribution in [0.3, 0.4) is 0 Å². The Bertz CT molecular complexity index is 1280. The molecule has 1 amide bonds. The van der Waals surface area contributed by atoms with Crippen molar-refractivity contribution in [2.24, 2.45) is 0 Å². The van der Waals surface area contributed by atoms with Crippen molar-refractivity contribution >= 4 is 33.2 Å². The van der Waals surface area contributed by atoms with Gasteiger partial charge in [0, 0.05) is 49.0 Å². The number of hydrogen-bond acceptors (Lipinski definition) is 6. The molecule has 0 radical (unpaired) electrons. The highest BCUT2D eigenvalue weighted by atomic mass is 35.5. The lowest BCUT2D eigenvalue weighted by molar-refractivity contribution is 0.0981. The Morgan fingerprint density at radius 2 is 1.56 bits per heavy atom. The van der Waals surface area contributed by atoms with Crippen molar-refractivity contribution in [2.45, 2.75) is 18.7 Å². The van der Waals surface area contributed by atoms with Crippen molar-refractivity contribution in [2.75, 3.05) is 44.2 Å². The molecule has 36 heavy (non-hydrogen) atoms. The Kier molecular flexibility index (Phi) is 8.18. The lowest BCUT2D eigenvalue weighted by Crippen LogP contribution is -2.47. The number of amides is 1. The van der Waals surface area contributed by atoms with Crippen LogP contribution in [0.5, 0.6) is 5.75 Å². The van der Waals surface area contributed by atoms with Gasteiger partial charge < -0.3 is 9.64 Å². The van der Waals surface area contributed by atoms with Gasteiger partial charge in [0.25, 0.3) is 15.9 Å². The first-order chi connectivity index (χ1) is 17.2. The first-order valence-electron chi connectivity index (χ1n) is 11.8. The average Bonchev–Trinajstić information content (AvgIpc) is 2.88. The number of sulfonamides is 1. The number of anilines is 1. The summed E-state index contributed by atoms with van der Waals surface area (Å²) in [6.07, 6.45) is 0. The molecule has 0 aromatic heterocycles. The van der Waals surface area contributed by atoms with Gasteiger partial charge in [-0.3, -0.25) is 9.69 Å². The SMILES string of the molecule is Cc1cc(OCCN2CCN(c3ccc(C(=O)NS(=O)(=O)c4ccccc4)cc3)CC2)cc(C)c1Cl. The number of nitrogens with zero attached hydrogens (tertiary/aromatic N) is 2. The molecule has 4 rings (SSSR count). The van der Waals surface area contributed by atoms with E-state index in [9.17, 15) is 13.2 Å². The van der Waals surface area contributed by atoms with Crippen molar-refractivity contribution < 1.29 is 17.9 Å². The number of carbonyl (C=O) groups is 1. The van der Waals surface area contributed by atoms with Crippen molar-refractivity contribution in [1.29, 1.82) is 0 Å². The van der Waals surface area contributed by atoms with E-state index in [1.165, 1.54) is 12.1 Å². The van der Waals surface area contributed by atoms with E-state index in [2.05, 4.69) is 14.5 Å². The molecule has 1 heterocycles. The maximum absolute atomic E-state index is 12.5.